The Kier molecular flexibility index (Phi) is 4.34. The Balaban J connectivity index is 1.76. The molecular weight excluding hydrogens is 288 g/mol. The summed E-state index contributed by atoms with van der Waals surface area (Å²) in [6.45, 7) is 0.725. The molecule has 1 heterocycles. The van der Waals surface area contributed by atoms with Gasteiger partial charge in [0.1, 0.15) is 12.1 Å². The van der Waals surface area contributed by atoms with Gasteiger partial charge in [-0.25, -0.2) is 9.67 Å². The maximum absolute atomic E-state index is 8.87. The highest BCUT2D eigenvalue weighted by molar-refractivity contribution is 5.56. The van der Waals surface area contributed by atoms with Gasteiger partial charge in [-0.15, -0.1) is 0 Å². The molecule has 5 heteroatoms. The molecule has 0 radical (unpaired) electrons. The summed E-state index contributed by atoms with van der Waals surface area (Å²) >= 11 is 0. The maximum atomic E-state index is 8.87. The van der Waals surface area contributed by atoms with E-state index in [1.165, 1.54) is 5.56 Å². The first-order chi connectivity index (χ1) is 11.3. The van der Waals surface area contributed by atoms with Crippen LogP contribution in [0.25, 0.3) is 11.4 Å². The molecule has 3 aromatic rings. The number of rotatable bonds is 5. The average Bonchev–Trinajstić information content (AvgIpc) is 3.09. The van der Waals surface area contributed by atoms with Crippen molar-refractivity contribution in [2.24, 2.45) is 0 Å². The quantitative estimate of drug-likeness (QED) is 0.726. The van der Waals surface area contributed by atoms with Gasteiger partial charge in [-0.05, 0) is 48.4 Å². The number of aromatic nitrogens is 3. The Morgan fingerprint density at radius 3 is 2.74 bits per heavy atom. The number of methoxy groups -OCH3 is 1. The molecule has 0 bridgehead atoms. The Morgan fingerprint density at radius 2 is 2.00 bits per heavy atom. The van der Waals surface area contributed by atoms with Crippen molar-refractivity contribution in [3.8, 4) is 23.2 Å². The van der Waals surface area contributed by atoms with Crippen LogP contribution < -0.4 is 4.74 Å². The fourth-order valence-electron chi connectivity index (χ4n) is 2.41. The molecule has 23 heavy (non-hydrogen) atoms. The summed E-state index contributed by atoms with van der Waals surface area (Å²) in [5.74, 6) is 1.66. The molecule has 1 aromatic heterocycles. The molecule has 0 aliphatic rings. The summed E-state index contributed by atoms with van der Waals surface area (Å²) in [6, 6.07) is 17.5. The first-order valence-corrected chi connectivity index (χ1v) is 7.31. The minimum atomic E-state index is 0.635. The van der Waals surface area contributed by atoms with E-state index in [2.05, 4.69) is 22.2 Å². The summed E-state index contributed by atoms with van der Waals surface area (Å²) < 4.78 is 7.12. The Labute approximate surface area is 134 Å². The van der Waals surface area contributed by atoms with Crippen LogP contribution in [0.5, 0.6) is 5.75 Å². The van der Waals surface area contributed by atoms with Gasteiger partial charge in [-0.1, -0.05) is 12.1 Å². The second-order valence-corrected chi connectivity index (χ2v) is 5.10. The van der Waals surface area contributed by atoms with Gasteiger partial charge < -0.3 is 4.74 Å². The van der Waals surface area contributed by atoms with Crippen molar-refractivity contribution in [3.05, 3.63) is 66.0 Å². The summed E-state index contributed by atoms with van der Waals surface area (Å²) in [5, 5.41) is 13.2. The van der Waals surface area contributed by atoms with Crippen LogP contribution >= 0.6 is 0 Å². The third kappa shape index (κ3) is 3.38. The molecule has 0 aliphatic heterocycles. The molecule has 0 atom stereocenters. The summed E-state index contributed by atoms with van der Waals surface area (Å²) in [4.78, 5) is 4.33. The number of aryl methyl sites for hydroxylation is 2. The predicted octanol–water partition coefficient (Wildman–Crippen LogP) is 3.07. The Morgan fingerprint density at radius 1 is 1.17 bits per heavy atom. The molecule has 0 unspecified atom stereocenters. The zero-order valence-corrected chi connectivity index (χ0v) is 12.8. The van der Waals surface area contributed by atoms with Crippen molar-refractivity contribution < 1.29 is 4.74 Å². The highest BCUT2D eigenvalue weighted by atomic mass is 16.5. The molecule has 3 rings (SSSR count). The van der Waals surface area contributed by atoms with Crippen molar-refractivity contribution in [1.82, 2.24) is 14.8 Å². The SMILES string of the molecule is COc1cccc(CCn2ncnc2-c2ccc(C#N)cc2)c1. The Bertz CT molecular complexity index is 831. The van der Waals surface area contributed by atoms with Crippen LogP contribution in [0.3, 0.4) is 0 Å². The number of hydrogen-bond donors (Lipinski definition) is 0. The molecule has 0 fully saturated rings. The standard InChI is InChI=1S/C18H16N4O/c1-23-17-4-2-3-14(11-17)9-10-22-18(20-13-21-22)16-7-5-15(12-19)6-8-16/h2-8,11,13H,9-10H2,1H3. The van der Waals surface area contributed by atoms with E-state index in [0.29, 0.717) is 5.56 Å². The second-order valence-electron chi connectivity index (χ2n) is 5.10. The van der Waals surface area contributed by atoms with Gasteiger partial charge in [0, 0.05) is 12.1 Å². The van der Waals surface area contributed by atoms with Gasteiger partial charge in [0.25, 0.3) is 0 Å². The van der Waals surface area contributed by atoms with Crippen molar-refractivity contribution in [3.63, 3.8) is 0 Å². The van der Waals surface area contributed by atoms with E-state index in [1.807, 2.05) is 35.0 Å². The summed E-state index contributed by atoms with van der Waals surface area (Å²) in [6.07, 6.45) is 2.39. The zero-order chi connectivity index (χ0) is 16.1. The minimum Gasteiger partial charge on any atom is -0.497 e. The lowest BCUT2D eigenvalue weighted by Crippen LogP contribution is -2.05. The fraction of sp³-hybridized carbons (Fsp3) is 0.167. The molecule has 2 aromatic carbocycles. The van der Waals surface area contributed by atoms with Gasteiger partial charge in [0.05, 0.1) is 18.7 Å². The van der Waals surface area contributed by atoms with E-state index < -0.39 is 0 Å². The fourth-order valence-corrected chi connectivity index (χ4v) is 2.41. The van der Waals surface area contributed by atoms with Gasteiger partial charge in [-0.3, -0.25) is 0 Å². The third-order valence-electron chi connectivity index (χ3n) is 3.63. The minimum absolute atomic E-state index is 0.635. The lowest BCUT2D eigenvalue weighted by Gasteiger charge is -2.07. The van der Waals surface area contributed by atoms with Crippen LogP contribution in [0, 0.1) is 11.3 Å². The van der Waals surface area contributed by atoms with Crippen molar-refractivity contribution >= 4 is 0 Å². The van der Waals surface area contributed by atoms with Crippen LogP contribution in [0.1, 0.15) is 11.1 Å². The van der Waals surface area contributed by atoms with Crippen LogP contribution in [-0.2, 0) is 13.0 Å². The number of nitriles is 1. The molecule has 0 saturated carbocycles. The topological polar surface area (TPSA) is 63.7 Å². The normalized spacial score (nSPS) is 10.3. The van der Waals surface area contributed by atoms with E-state index in [0.717, 1.165) is 30.1 Å². The molecule has 0 spiro atoms. The first kappa shape index (κ1) is 14.8. The van der Waals surface area contributed by atoms with Gasteiger partial charge in [0.2, 0.25) is 0 Å². The van der Waals surface area contributed by atoms with Crippen LogP contribution in [0.15, 0.2) is 54.9 Å². The summed E-state index contributed by atoms with van der Waals surface area (Å²) in [5.41, 5.74) is 2.77. The van der Waals surface area contributed by atoms with Crippen LogP contribution in [-0.4, -0.2) is 21.9 Å². The van der Waals surface area contributed by atoms with E-state index in [9.17, 15) is 0 Å². The largest absolute Gasteiger partial charge is 0.497 e. The Hall–Kier alpha value is -3.13. The van der Waals surface area contributed by atoms with Gasteiger partial charge in [0.15, 0.2) is 5.82 Å². The number of hydrogen-bond acceptors (Lipinski definition) is 4. The summed E-state index contributed by atoms with van der Waals surface area (Å²) in [7, 11) is 1.67. The average molecular weight is 304 g/mol. The number of nitrogens with zero attached hydrogens (tertiary/aromatic N) is 4. The van der Waals surface area contributed by atoms with Gasteiger partial charge in [-0.2, -0.15) is 10.4 Å². The highest BCUT2D eigenvalue weighted by Crippen LogP contribution is 2.18. The molecule has 0 amide bonds. The maximum Gasteiger partial charge on any atom is 0.158 e. The molecule has 5 nitrogen and oxygen atoms in total. The predicted molar refractivity (Wildman–Crippen MR) is 86.9 cm³/mol. The smallest absolute Gasteiger partial charge is 0.158 e. The van der Waals surface area contributed by atoms with Crippen LogP contribution in [0.4, 0.5) is 0 Å². The number of ether oxygens (including phenoxy) is 1. The van der Waals surface area contributed by atoms with Crippen LogP contribution in [0.2, 0.25) is 0 Å². The lowest BCUT2D eigenvalue weighted by molar-refractivity contribution is 0.414. The van der Waals surface area contributed by atoms with Crippen molar-refractivity contribution in [2.75, 3.05) is 7.11 Å². The van der Waals surface area contributed by atoms with Crippen molar-refractivity contribution in [2.45, 2.75) is 13.0 Å². The van der Waals surface area contributed by atoms with Crippen molar-refractivity contribution in [1.29, 1.82) is 5.26 Å². The molecule has 0 N–H and O–H groups in total. The van der Waals surface area contributed by atoms with E-state index >= 15 is 0 Å². The first-order valence-electron chi connectivity index (χ1n) is 7.31. The van der Waals surface area contributed by atoms with E-state index in [1.54, 1.807) is 25.6 Å². The zero-order valence-electron chi connectivity index (χ0n) is 12.8. The third-order valence-corrected chi connectivity index (χ3v) is 3.63. The highest BCUT2D eigenvalue weighted by Gasteiger charge is 2.07. The lowest BCUT2D eigenvalue weighted by atomic mass is 10.1. The second kappa shape index (κ2) is 6.75. The molecule has 0 aliphatic carbocycles. The van der Waals surface area contributed by atoms with E-state index in [-0.39, 0.29) is 0 Å². The molecule has 0 saturated heterocycles. The number of benzene rings is 2. The molecule has 114 valence electrons. The van der Waals surface area contributed by atoms with Gasteiger partial charge >= 0.3 is 0 Å². The molecular formula is C18H16N4O. The van der Waals surface area contributed by atoms with E-state index in [4.69, 9.17) is 10.00 Å². The monoisotopic (exact) mass is 304 g/mol.